The van der Waals surface area contributed by atoms with Gasteiger partial charge >= 0.3 is 0 Å². The van der Waals surface area contributed by atoms with Crippen molar-refractivity contribution in [1.82, 2.24) is 10.6 Å². The highest BCUT2D eigenvalue weighted by atomic mass is 32.1. The number of ether oxygens (including phenoxy) is 1. The normalized spacial score (nSPS) is 17.5. The van der Waals surface area contributed by atoms with Crippen molar-refractivity contribution in [2.45, 2.75) is 18.9 Å². The van der Waals surface area contributed by atoms with Crippen LogP contribution in [0.5, 0.6) is 5.75 Å². The zero-order chi connectivity index (χ0) is 15.2. The molecule has 1 atom stereocenters. The summed E-state index contributed by atoms with van der Waals surface area (Å²) in [6, 6.07) is 10.4. The topological polar surface area (TPSA) is 45.7 Å². The van der Waals surface area contributed by atoms with E-state index in [1.54, 1.807) is 18.4 Å². The molecule has 0 saturated carbocycles. The molecule has 2 N–H and O–H groups in total. The van der Waals surface area contributed by atoms with Gasteiger partial charge in [-0.25, -0.2) is 0 Å². The molecular formula is C17H21N3OS. The van der Waals surface area contributed by atoms with E-state index < -0.39 is 0 Å². The highest BCUT2D eigenvalue weighted by molar-refractivity contribution is 7.07. The zero-order valence-electron chi connectivity index (χ0n) is 12.7. The Morgan fingerprint density at radius 1 is 1.32 bits per heavy atom. The first-order valence-corrected chi connectivity index (χ1v) is 8.48. The van der Waals surface area contributed by atoms with Crippen molar-refractivity contribution in [3.05, 3.63) is 52.2 Å². The van der Waals surface area contributed by atoms with Crippen LogP contribution in [0.1, 0.15) is 23.5 Å². The lowest BCUT2D eigenvalue weighted by atomic mass is 9.93. The number of guanidine groups is 1. The van der Waals surface area contributed by atoms with E-state index in [1.165, 1.54) is 11.1 Å². The fourth-order valence-electron chi connectivity index (χ4n) is 2.65. The van der Waals surface area contributed by atoms with Crippen molar-refractivity contribution >= 4 is 17.3 Å². The lowest BCUT2D eigenvalue weighted by Crippen LogP contribution is -2.39. The highest BCUT2D eigenvalue weighted by Gasteiger charge is 2.20. The first-order valence-electron chi connectivity index (χ1n) is 7.54. The molecule has 4 nitrogen and oxygen atoms in total. The summed E-state index contributed by atoms with van der Waals surface area (Å²) in [5.41, 5.74) is 2.57. The maximum atomic E-state index is 5.71. The van der Waals surface area contributed by atoms with Crippen LogP contribution in [0.3, 0.4) is 0 Å². The second-order valence-corrected chi connectivity index (χ2v) is 6.09. The first kappa shape index (κ1) is 14.9. The largest absolute Gasteiger partial charge is 0.493 e. The second-order valence-electron chi connectivity index (χ2n) is 5.31. The van der Waals surface area contributed by atoms with Crippen molar-refractivity contribution in [3.63, 3.8) is 0 Å². The summed E-state index contributed by atoms with van der Waals surface area (Å²) in [6.07, 6.45) is 1.03. The molecule has 5 heteroatoms. The molecule has 2 heterocycles. The SMILES string of the molecule is CN=C(NCc1ccsc1)NCC1CCOc2ccccc21. The molecule has 0 amide bonds. The monoisotopic (exact) mass is 315 g/mol. The van der Waals surface area contributed by atoms with Crippen LogP contribution >= 0.6 is 11.3 Å². The summed E-state index contributed by atoms with van der Waals surface area (Å²) < 4.78 is 5.71. The molecule has 0 spiro atoms. The standard InChI is InChI=1S/C17H21N3OS/c1-18-17(19-10-13-7-9-22-12-13)20-11-14-6-8-21-16-5-3-2-4-15(14)16/h2-5,7,9,12,14H,6,8,10-11H2,1H3,(H2,18,19,20). The molecule has 0 saturated heterocycles. The molecule has 3 rings (SSSR count). The number of hydrogen-bond donors (Lipinski definition) is 2. The number of rotatable bonds is 4. The summed E-state index contributed by atoms with van der Waals surface area (Å²) in [5.74, 6) is 2.32. The van der Waals surface area contributed by atoms with E-state index in [-0.39, 0.29) is 0 Å². The van der Waals surface area contributed by atoms with Crippen LogP contribution in [0, 0.1) is 0 Å². The van der Waals surface area contributed by atoms with Crippen LogP contribution in [0.4, 0.5) is 0 Å². The third kappa shape index (κ3) is 3.60. The Morgan fingerprint density at radius 2 is 2.23 bits per heavy atom. The number of nitrogens with zero attached hydrogens (tertiary/aromatic N) is 1. The van der Waals surface area contributed by atoms with E-state index in [0.717, 1.165) is 37.8 Å². The van der Waals surface area contributed by atoms with Crippen molar-refractivity contribution < 1.29 is 4.74 Å². The summed E-state index contributed by atoms with van der Waals surface area (Å²) in [5, 5.41) is 11.0. The average Bonchev–Trinajstić information content (AvgIpc) is 3.08. The molecule has 0 aliphatic carbocycles. The minimum Gasteiger partial charge on any atom is -0.493 e. The minimum absolute atomic E-state index is 0.463. The Balaban J connectivity index is 1.55. The van der Waals surface area contributed by atoms with E-state index in [0.29, 0.717) is 5.92 Å². The Morgan fingerprint density at radius 3 is 3.05 bits per heavy atom. The molecule has 0 radical (unpaired) electrons. The predicted octanol–water partition coefficient (Wildman–Crippen LogP) is 2.98. The Kier molecular flexibility index (Phi) is 4.96. The maximum absolute atomic E-state index is 5.71. The lowest BCUT2D eigenvalue weighted by molar-refractivity contribution is 0.267. The van der Waals surface area contributed by atoms with Gasteiger partial charge in [-0.2, -0.15) is 11.3 Å². The molecule has 22 heavy (non-hydrogen) atoms. The van der Waals surface area contributed by atoms with E-state index >= 15 is 0 Å². The Hall–Kier alpha value is -2.01. The number of aliphatic imine (C=N–C) groups is 1. The summed E-state index contributed by atoms with van der Waals surface area (Å²) in [7, 11) is 1.81. The molecule has 2 aromatic rings. The van der Waals surface area contributed by atoms with Crippen LogP contribution in [-0.4, -0.2) is 26.2 Å². The van der Waals surface area contributed by atoms with Crippen molar-refractivity contribution in [3.8, 4) is 5.75 Å². The average molecular weight is 315 g/mol. The van der Waals surface area contributed by atoms with Gasteiger partial charge in [0.25, 0.3) is 0 Å². The number of thiophene rings is 1. The quantitative estimate of drug-likeness (QED) is 0.673. The molecular weight excluding hydrogens is 294 g/mol. The summed E-state index contributed by atoms with van der Waals surface area (Å²) >= 11 is 1.71. The van der Waals surface area contributed by atoms with Crippen LogP contribution in [0.15, 0.2) is 46.1 Å². The van der Waals surface area contributed by atoms with Gasteiger partial charge in [0.05, 0.1) is 6.61 Å². The molecule has 0 bridgehead atoms. The van der Waals surface area contributed by atoms with Gasteiger partial charge in [0, 0.05) is 26.1 Å². The lowest BCUT2D eigenvalue weighted by Gasteiger charge is -2.26. The van der Waals surface area contributed by atoms with Gasteiger partial charge in [-0.05, 0) is 40.4 Å². The third-order valence-corrected chi connectivity index (χ3v) is 4.59. The fourth-order valence-corrected chi connectivity index (χ4v) is 3.32. The van der Waals surface area contributed by atoms with Crippen LogP contribution in [-0.2, 0) is 6.54 Å². The molecule has 1 aromatic carbocycles. The number of para-hydroxylation sites is 1. The maximum Gasteiger partial charge on any atom is 0.191 e. The first-order chi connectivity index (χ1) is 10.9. The van der Waals surface area contributed by atoms with E-state index in [9.17, 15) is 0 Å². The number of nitrogens with one attached hydrogen (secondary N) is 2. The van der Waals surface area contributed by atoms with Gasteiger partial charge in [0.15, 0.2) is 5.96 Å². The molecule has 1 aromatic heterocycles. The summed E-state index contributed by atoms with van der Waals surface area (Å²) in [6.45, 7) is 2.45. The van der Waals surface area contributed by atoms with Crippen molar-refractivity contribution in [1.29, 1.82) is 0 Å². The van der Waals surface area contributed by atoms with Crippen molar-refractivity contribution in [2.24, 2.45) is 4.99 Å². The highest BCUT2D eigenvalue weighted by Crippen LogP contribution is 2.32. The van der Waals surface area contributed by atoms with Gasteiger partial charge in [-0.15, -0.1) is 0 Å². The smallest absolute Gasteiger partial charge is 0.191 e. The predicted molar refractivity (Wildman–Crippen MR) is 91.8 cm³/mol. The second kappa shape index (κ2) is 7.31. The molecule has 116 valence electrons. The molecule has 1 unspecified atom stereocenters. The van der Waals surface area contributed by atoms with Crippen LogP contribution < -0.4 is 15.4 Å². The van der Waals surface area contributed by atoms with Gasteiger partial charge in [-0.1, -0.05) is 18.2 Å². The number of hydrogen-bond acceptors (Lipinski definition) is 3. The number of fused-ring (bicyclic) bond motifs is 1. The van der Waals surface area contributed by atoms with Crippen LogP contribution in [0.25, 0.3) is 0 Å². The van der Waals surface area contributed by atoms with Gasteiger partial charge in [-0.3, -0.25) is 4.99 Å². The van der Waals surface area contributed by atoms with Gasteiger partial charge in [0.2, 0.25) is 0 Å². The van der Waals surface area contributed by atoms with Crippen LogP contribution in [0.2, 0.25) is 0 Å². The Labute approximate surface area is 135 Å². The fraction of sp³-hybridized carbons (Fsp3) is 0.353. The van der Waals surface area contributed by atoms with Gasteiger partial charge < -0.3 is 15.4 Å². The van der Waals surface area contributed by atoms with E-state index in [4.69, 9.17) is 4.74 Å². The van der Waals surface area contributed by atoms with E-state index in [1.807, 2.05) is 12.1 Å². The Bertz CT molecular complexity index is 625. The number of benzene rings is 1. The van der Waals surface area contributed by atoms with Crippen molar-refractivity contribution in [2.75, 3.05) is 20.2 Å². The van der Waals surface area contributed by atoms with Gasteiger partial charge in [0.1, 0.15) is 5.75 Å². The summed E-state index contributed by atoms with van der Waals surface area (Å²) in [4.78, 5) is 4.29. The molecule has 0 fully saturated rings. The molecule has 1 aliphatic heterocycles. The van der Waals surface area contributed by atoms with E-state index in [2.05, 4.69) is 44.6 Å². The molecule has 1 aliphatic rings. The minimum atomic E-state index is 0.463. The zero-order valence-corrected chi connectivity index (χ0v) is 13.5. The third-order valence-electron chi connectivity index (χ3n) is 3.86.